The molecule has 1 aliphatic carbocycles. The maximum absolute atomic E-state index is 6.36. The van der Waals surface area contributed by atoms with Crippen molar-refractivity contribution < 1.29 is 4.74 Å². The van der Waals surface area contributed by atoms with E-state index < -0.39 is 0 Å². The molecule has 1 heterocycles. The highest BCUT2D eigenvalue weighted by atomic mass is 16.5. The lowest BCUT2D eigenvalue weighted by atomic mass is 9.83. The molecule has 0 bridgehead atoms. The first-order valence-corrected chi connectivity index (χ1v) is 8.09. The predicted octanol–water partition coefficient (Wildman–Crippen LogP) is 3.89. The van der Waals surface area contributed by atoms with Crippen LogP contribution in [0.3, 0.4) is 0 Å². The van der Waals surface area contributed by atoms with Gasteiger partial charge in [0.2, 0.25) is 0 Å². The van der Waals surface area contributed by atoms with Crippen LogP contribution in [0.2, 0.25) is 0 Å². The Morgan fingerprint density at radius 3 is 2.67 bits per heavy atom. The molecule has 0 aromatic rings. The Kier molecular flexibility index (Phi) is 5.50. The molecule has 0 aromatic heterocycles. The van der Waals surface area contributed by atoms with Crippen LogP contribution < -0.4 is 5.32 Å². The third-order valence-corrected chi connectivity index (χ3v) is 4.61. The van der Waals surface area contributed by atoms with Crippen LogP contribution in [0, 0.1) is 5.92 Å². The summed E-state index contributed by atoms with van der Waals surface area (Å²) in [6.07, 6.45) is 12.5. The highest BCUT2D eigenvalue weighted by Gasteiger charge is 2.40. The van der Waals surface area contributed by atoms with E-state index in [-0.39, 0.29) is 0 Å². The van der Waals surface area contributed by atoms with E-state index in [9.17, 15) is 0 Å². The summed E-state index contributed by atoms with van der Waals surface area (Å²) in [7, 11) is 0. The van der Waals surface area contributed by atoms with E-state index in [1.807, 2.05) is 0 Å². The lowest BCUT2D eigenvalue weighted by molar-refractivity contribution is -0.0623. The van der Waals surface area contributed by atoms with Crippen molar-refractivity contribution in [2.45, 2.75) is 83.3 Å². The maximum atomic E-state index is 6.36. The van der Waals surface area contributed by atoms with Gasteiger partial charge in [-0.2, -0.15) is 0 Å². The first kappa shape index (κ1) is 14.3. The second-order valence-electron chi connectivity index (χ2n) is 6.76. The van der Waals surface area contributed by atoms with Gasteiger partial charge >= 0.3 is 0 Å². The van der Waals surface area contributed by atoms with Crippen LogP contribution >= 0.6 is 0 Å². The summed E-state index contributed by atoms with van der Waals surface area (Å²) < 4.78 is 6.36. The summed E-state index contributed by atoms with van der Waals surface area (Å²) in [4.78, 5) is 0. The van der Waals surface area contributed by atoms with E-state index in [0.29, 0.717) is 11.7 Å². The summed E-state index contributed by atoms with van der Waals surface area (Å²) in [5.41, 5.74) is 0.294. The van der Waals surface area contributed by atoms with Crippen LogP contribution in [-0.2, 0) is 4.74 Å². The van der Waals surface area contributed by atoms with Gasteiger partial charge in [-0.05, 0) is 51.0 Å². The third kappa shape index (κ3) is 4.24. The SMILES string of the molecule is CC(C)CCCNCC1CCC2(CCCCC2)O1. The van der Waals surface area contributed by atoms with Crippen molar-refractivity contribution in [1.82, 2.24) is 5.32 Å². The van der Waals surface area contributed by atoms with E-state index in [0.717, 1.165) is 19.0 Å². The average molecular weight is 253 g/mol. The zero-order valence-electron chi connectivity index (χ0n) is 12.3. The van der Waals surface area contributed by atoms with Gasteiger partial charge in [-0.1, -0.05) is 33.1 Å². The van der Waals surface area contributed by atoms with Crippen LogP contribution in [-0.4, -0.2) is 24.8 Å². The molecule has 0 amide bonds. The fraction of sp³-hybridized carbons (Fsp3) is 1.00. The molecular weight excluding hydrogens is 222 g/mol. The fourth-order valence-electron chi connectivity index (χ4n) is 3.50. The normalized spacial score (nSPS) is 27.2. The van der Waals surface area contributed by atoms with Crippen LogP contribution in [0.5, 0.6) is 0 Å². The zero-order chi connectivity index (χ0) is 12.8. The number of hydrogen-bond donors (Lipinski definition) is 1. The first-order chi connectivity index (χ1) is 8.70. The Labute approximate surface area is 113 Å². The highest BCUT2D eigenvalue weighted by molar-refractivity contribution is 4.91. The van der Waals surface area contributed by atoms with Crippen molar-refractivity contribution in [2.24, 2.45) is 5.92 Å². The number of nitrogens with one attached hydrogen (secondary N) is 1. The zero-order valence-corrected chi connectivity index (χ0v) is 12.3. The van der Waals surface area contributed by atoms with Gasteiger partial charge in [-0.15, -0.1) is 0 Å². The summed E-state index contributed by atoms with van der Waals surface area (Å²) in [5, 5.41) is 3.58. The molecule has 0 radical (unpaired) electrons. The van der Waals surface area contributed by atoms with Gasteiger partial charge in [-0.3, -0.25) is 0 Å². The van der Waals surface area contributed by atoms with E-state index in [1.165, 1.54) is 57.8 Å². The van der Waals surface area contributed by atoms with E-state index in [2.05, 4.69) is 19.2 Å². The van der Waals surface area contributed by atoms with E-state index in [4.69, 9.17) is 4.74 Å². The highest BCUT2D eigenvalue weighted by Crippen LogP contribution is 2.41. The minimum absolute atomic E-state index is 0.294. The monoisotopic (exact) mass is 253 g/mol. The summed E-state index contributed by atoms with van der Waals surface area (Å²) in [5.74, 6) is 0.833. The Bertz CT molecular complexity index is 233. The second kappa shape index (κ2) is 6.91. The molecule has 18 heavy (non-hydrogen) atoms. The van der Waals surface area contributed by atoms with Crippen molar-refractivity contribution in [1.29, 1.82) is 0 Å². The summed E-state index contributed by atoms with van der Waals surface area (Å²) in [6, 6.07) is 0. The van der Waals surface area contributed by atoms with Crippen LogP contribution in [0.15, 0.2) is 0 Å². The molecule has 1 saturated carbocycles. The second-order valence-corrected chi connectivity index (χ2v) is 6.76. The Balaban J connectivity index is 1.58. The topological polar surface area (TPSA) is 21.3 Å². The molecule has 2 nitrogen and oxygen atoms in total. The quantitative estimate of drug-likeness (QED) is 0.725. The molecule has 2 aliphatic rings. The van der Waals surface area contributed by atoms with Gasteiger partial charge in [-0.25, -0.2) is 0 Å². The van der Waals surface area contributed by atoms with E-state index in [1.54, 1.807) is 0 Å². The van der Waals surface area contributed by atoms with Crippen LogP contribution in [0.4, 0.5) is 0 Å². The summed E-state index contributed by atoms with van der Waals surface area (Å²) >= 11 is 0. The van der Waals surface area contributed by atoms with Crippen molar-refractivity contribution in [2.75, 3.05) is 13.1 Å². The molecular formula is C16H31NO. The summed E-state index contributed by atoms with van der Waals surface area (Å²) in [6.45, 7) is 6.82. The van der Waals surface area contributed by atoms with Crippen LogP contribution in [0.25, 0.3) is 0 Å². The average Bonchev–Trinajstić information content (AvgIpc) is 2.72. The van der Waals surface area contributed by atoms with Crippen LogP contribution in [0.1, 0.15) is 71.6 Å². The smallest absolute Gasteiger partial charge is 0.0708 e. The Hall–Kier alpha value is -0.0800. The van der Waals surface area contributed by atoms with Gasteiger partial charge in [0.1, 0.15) is 0 Å². The molecule has 2 fully saturated rings. The lowest BCUT2D eigenvalue weighted by Crippen LogP contribution is -2.34. The predicted molar refractivity (Wildman–Crippen MR) is 76.9 cm³/mol. The molecule has 2 rings (SSSR count). The molecule has 1 N–H and O–H groups in total. The molecule has 1 aliphatic heterocycles. The molecule has 1 saturated heterocycles. The molecule has 1 unspecified atom stereocenters. The van der Waals surface area contributed by atoms with Gasteiger partial charge in [0.15, 0.2) is 0 Å². The van der Waals surface area contributed by atoms with Gasteiger partial charge < -0.3 is 10.1 Å². The van der Waals surface area contributed by atoms with Gasteiger partial charge in [0, 0.05) is 6.54 Å². The van der Waals surface area contributed by atoms with E-state index >= 15 is 0 Å². The first-order valence-electron chi connectivity index (χ1n) is 8.09. The molecule has 106 valence electrons. The standard InChI is InChI=1S/C16H31NO/c1-14(2)7-6-12-17-13-15-8-11-16(18-15)9-4-3-5-10-16/h14-15,17H,3-13H2,1-2H3. The van der Waals surface area contributed by atoms with Crippen molar-refractivity contribution in [3.05, 3.63) is 0 Å². The lowest BCUT2D eigenvalue weighted by Gasteiger charge is -2.33. The molecule has 2 heteroatoms. The minimum Gasteiger partial charge on any atom is -0.370 e. The molecule has 1 atom stereocenters. The van der Waals surface area contributed by atoms with Crippen molar-refractivity contribution >= 4 is 0 Å². The number of rotatable bonds is 6. The minimum atomic E-state index is 0.294. The van der Waals surface area contributed by atoms with Gasteiger partial charge in [0.25, 0.3) is 0 Å². The Morgan fingerprint density at radius 1 is 1.17 bits per heavy atom. The fourth-order valence-corrected chi connectivity index (χ4v) is 3.50. The largest absolute Gasteiger partial charge is 0.370 e. The Morgan fingerprint density at radius 2 is 1.94 bits per heavy atom. The van der Waals surface area contributed by atoms with Crippen molar-refractivity contribution in [3.63, 3.8) is 0 Å². The van der Waals surface area contributed by atoms with Gasteiger partial charge in [0.05, 0.1) is 11.7 Å². The number of ether oxygens (including phenoxy) is 1. The third-order valence-electron chi connectivity index (χ3n) is 4.61. The maximum Gasteiger partial charge on any atom is 0.0708 e. The number of hydrogen-bond acceptors (Lipinski definition) is 2. The molecule has 1 spiro atoms. The van der Waals surface area contributed by atoms with Crippen molar-refractivity contribution in [3.8, 4) is 0 Å². The molecule has 0 aromatic carbocycles.